The normalized spacial score (nSPS) is 10.1. The molecule has 94 valence electrons. The molecule has 0 atom stereocenters. The minimum absolute atomic E-state index is 0.303. The zero-order valence-electron chi connectivity index (χ0n) is 9.94. The zero-order chi connectivity index (χ0) is 12.8. The van der Waals surface area contributed by atoms with E-state index in [4.69, 9.17) is 0 Å². The van der Waals surface area contributed by atoms with Crippen molar-refractivity contribution in [1.82, 2.24) is 5.32 Å². The van der Waals surface area contributed by atoms with Crippen molar-refractivity contribution in [2.75, 3.05) is 11.9 Å². The summed E-state index contributed by atoms with van der Waals surface area (Å²) < 4.78 is 13.7. The molecule has 1 aromatic carbocycles. The number of aryl methyl sites for hydroxylation is 1. The smallest absolute Gasteiger partial charge is 0.319 e. The van der Waals surface area contributed by atoms with Gasteiger partial charge in [0.05, 0.1) is 4.47 Å². The van der Waals surface area contributed by atoms with Crippen LogP contribution < -0.4 is 10.6 Å². The Labute approximate surface area is 109 Å². The van der Waals surface area contributed by atoms with E-state index < -0.39 is 0 Å². The van der Waals surface area contributed by atoms with Gasteiger partial charge in [-0.05, 0) is 47.0 Å². The summed E-state index contributed by atoms with van der Waals surface area (Å²) in [6.07, 6.45) is 1.95. The van der Waals surface area contributed by atoms with Crippen LogP contribution in [-0.2, 0) is 0 Å². The molecule has 0 saturated carbocycles. The Morgan fingerprint density at radius 2 is 2.18 bits per heavy atom. The Morgan fingerprint density at radius 1 is 1.47 bits per heavy atom. The highest BCUT2D eigenvalue weighted by Crippen LogP contribution is 2.23. The Bertz CT molecular complexity index is 410. The van der Waals surface area contributed by atoms with E-state index in [-0.39, 0.29) is 11.8 Å². The monoisotopic (exact) mass is 302 g/mol. The van der Waals surface area contributed by atoms with Gasteiger partial charge in [-0.15, -0.1) is 0 Å². The average molecular weight is 303 g/mol. The number of hydrogen-bond donors (Lipinski definition) is 2. The Kier molecular flexibility index (Phi) is 5.41. The molecule has 0 saturated heterocycles. The fourth-order valence-electron chi connectivity index (χ4n) is 1.33. The number of rotatable bonds is 4. The summed E-state index contributed by atoms with van der Waals surface area (Å²) in [7, 11) is 0. The minimum atomic E-state index is -0.389. The third kappa shape index (κ3) is 4.34. The van der Waals surface area contributed by atoms with Crippen molar-refractivity contribution >= 4 is 27.6 Å². The molecule has 2 amide bonds. The largest absolute Gasteiger partial charge is 0.338 e. The first-order valence-electron chi connectivity index (χ1n) is 5.55. The van der Waals surface area contributed by atoms with E-state index in [1.807, 2.05) is 13.8 Å². The van der Waals surface area contributed by atoms with Crippen molar-refractivity contribution in [2.45, 2.75) is 26.7 Å². The molecule has 0 fully saturated rings. The predicted molar refractivity (Wildman–Crippen MR) is 70.8 cm³/mol. The first kappa shape index (κ1) is 14.0. The topological polar surface area (TPSA) is 41.1 Å². The molecule has 5 heteroatoms. The van der Waals surface area contributed by atoms with E-state index in [0.717, 1.165) is 18.4 Å². The maximum Gasteiger partial charge on any atom is 0.319 e. The number of nitrogens with one attached hydrogen (secondary N) is 2. The summed E-state index contributed by atoms with van der Waals surface area (Å²) in [4.78, 5) is 11.5. The third-order valence-electron chi connectivity index (χ3n) is 2.33. The van der Waals surface area contributed by atoms with Crippen molar-refractivity contribution in [3.8, 4) is 0 Å². The number of halogens is 2. The second-order valence-electron chi connectivity index (χ2n) is 3.82. The number of carbonyl (C=O) groups is 1. The van der Waals surface area contributed by atoms with E-state index in [9.17, 15) is 9.18 Å². The Hall–Kier alpha value is -1.10. The highest BCUT2D eigenvalue weighted by Gasteiger charge is 2.07. The molecular formula is C12H16BrFN2O. The van der Waals surface area contributed by atoms with Gasteiger partial charge in [0.25, 0.3) is 0 Å². The summed E-state index contributed by atoms with van der Waals surface area (Å²) in [5.41, 5.74) is 1.30. The van der Waals surface area contributed by atoms with Crippen LogP contribution in [0.4, 0.5) is 14.9 Å². The van der Waals surface area contributed by atoms with Crippen LogP contribution in [-0.4, -0.2) is 12.6 Å². The van der Waals surface area contributed by atoms with Gasteiger partial charge in [0, 0.05) is 12.2 Å². The van der Waals surface area contributed by atoms with E-state index >= 15 is 0 Å². The molecule has 0 aromatic heterocycles. The van der Waals surface area contributed by atoms with Crippen molar-refractivity contribution < 1.29 is 9.18 Å². The van der Waals surface area contributed by atoms with Gasteiger partial charge in [0.1, 0.15) is 5.82 Å². The number of hydrogen-bond acceptors (Lipinski definition) is 1. The third-order valence-corrected chi connectivity index (χ3v) is 2.94. The molecule has 0 unspecified atom stereocenters. The molecule has 17 heavy (non-hydrogen) atoms. The molecule has 0 radical (unpaired) electrons. The molecular weight excluding hydrogens is 287 g/mol. The standard InChI is InChI=1S/C12H16BrFN2O/c1-3-4-5-15-12(17)16-11-7-10(14)9(13)6-8(11)2/h6-7H,3-5H2,1-2H3,(H2,15,16,17). The van der Waals surface area contributed by atoms with Gasteiger partial charge in [-0.3, -0.25) is 0 Å². The number of unbranched alkanes of at least 4 members (excludes halogenated alkanes) is 1. The highest BCUT2D eigenvalue weighted by molar-refractivity contribution is 9.10. The lowest BCUT2D eigenvalue weighted by atomic mass is 10.2. The van der Waals surface area contributed by atoms with E-state index in [1.54, 1.807) is 6.07 Å². The van der Waals surface area contributed by atoms with Crippen LogP contribution in [0.15, 0.2) is 16.6 Å². The molecule has 1 aromatic rings. The summed E-state index contributed by atoms with van der Waals surface area (Å²) in [5, 5.41) is 5.34. The van der Waals surface area contributed by atoms with E-state index in [0.29, 0.717) is 16.7 Å². The second kappa shape index (κ2) is 6.59. The van der Waals surface area contributed by atoms with Crippen molar-refractivity contribution in [3.63, 3.8) is 0 Å². The zero-order valence-corrected chi connectivity index (χ0v) is 11.5. The van der Waals surface area contributed by atoms with Crippen molar-refractivity contribution in [2.24, 2.45) is 0 Å². The van der Waals surface area contributed by atoms with Crippen LogP contribution in [0.25, 0.3) is 0 Å². The molecule has 3 nitrogen and oxygen atoms in total. The molecule has 0 aliphatic heterocycles. The lowest BCUT2D eigenvalue weighted by molar-refractivity contribution is 0.252. The SMILES string of the molecule is CCCCNC(=O)Nc1cc(F)c(Br)cc1C. The summed E-state index contributed by atoms with van der Waals surface area (Å²) in [6, 6.07) is 2.64. The number of urea groups is 1. The fourth-order valence-corrected chi connectivity index (χ4v) is 1.78. The fraction of sp³-hybridized carbons (Fsp3) is 0.417. The molecule has 0 aliphatic carbocycles. The van der Waals surface area contributed by atoms with Crippen LogP contribution in [0.1, 0.15) is 25.3 Å². The molecule has 1 rings (SSSR count). The van der Waals surface area contributed by atoms with Gasteiger partial charge in [-0.1, -0.05) is 13.3 Å². The van der Waals surface area contributed by atoms with Crippen LogP contribution in [0.3, 0.4) is 0 Å². The van der Waals surface area contributed by atoms with E-state index in [1.165, 1.54) is 6.07 Å². The molecule has 0 heterocycles. The predicted octanol–water partition coefficient (Wildman–Crippen LogP) is 3.82. The lowest BCUT2D eigenvalue weighted by Crippen LogP contribution is -2.29. The minimum Gasteiger partial charge on any atom is -0.338 e. The van der Waals surface area contributed by atoms with Crippen LogP contribution in [0.2, 0.25) is 0 Å². The molecule has 0 spiro atoms. The van der Waals surface area contributed by atoms with Crippen molar-refractivity contribution in [3.05, 3.63) is 28.0 Å². The van der Waals surface area contributed by atoms with Crippen molar-refractivity contribution in [1.29, 1.82) is 0 Å². The highest BCUT2D eigenvalue weighted by atomic mass is 79.9. The average Bonchev–Trinajstić information content (AvgIpc) is 2.26. The summed E-state index contributed by atoms with van der Waals surface area (Å²) >= 11 is 3.09. The van der Waals surface area contributed by atoms with Crippen LogP contribution >= 0.6 is 15.9 Å². The Morgan fingerprint density at radius 3 is 2.82 bits per heavy atom. The van der Waals surface area contributed by atoms with E-state index in [2.05, 4.69) is 26.6 Å². The van der Waals surface area contributed by atoms with Gasteiger partial charge in [0.2, 0.25) is 0 Å². The molecule has 0 aliphatic rings. The first-order valence-corrected chi connectivity index (χ1v) is 6.34. The molecule has 0 bridgehead atoms. The van der Waals surface area contributed by atoms with Crippen LogP contribution in [0, 0.1) is 12.7 Å². The number of benzene rings is 1. The van der Waals surface area contributed by atoms with Gasteiger partial charge in [0.15, 0.2) is 0 Å². The number of amides is 2. The first-order chi connectivity index (χ1) is 8.04. The lowest BCUT2D eigenvalue weighted by Gasteiger charge is -2.10. The summed E-state index contributed by atoms with van der Waals surface area (Å²) in [5.74, 6) is -0.389. The van der Waals surface area contributed by atoms with Crippen LogP contribution in [0.5, 0.6) is 0 Å². The van der Waals surface area contributed by atoms with Gasteiger partial charge >= 0.3 is 6.03 Å². The van der Waals surface area contributed by atoms with Gasteiger partial charge < -0.3 is 10.6 Å². The number of anilines is 1. The maximum atomic E-state index is 13.3. The second-order valence-corrected chi connectivity index (χ2v) is 4.67. The quantitative estimate of drug-likeness (QED) is 0.816. The maximum absolute atomic E-state index is 13.3. The molecule has 2 N–H and O–H groups in total. The van der Waals surface area contributed by atoms with Gasteiger partial charge in [-0.25, -0.2) is 9.18 Å². The number of carbonyl (C=O) groups excluding carboxylic acids is 1. The Balaban J connectivity index is 2.62. The summed E-state index contributed by atoms with van der Waals surface area (Å²) in [6.45, 7) is 4.49. The van der Waals surface area contributed by atoms with Gasteiger partial charge in [-0.2, -0.15) is 0 Å².